The molecule has 2 aromatic carbocycles. The van der Waals surface area contributed by atoms with Crippen LogP contribution in [0.25, 0.3) is 0 Å². The molecule has 0 aliphatic carbocycles. The summed E-state index contributed by atoms with van der Waals surface area (Å²) < 4.78 is 13.1. The predicted molar refractivity (Wildman–Crippen MR) is 124 cm³/mol. The second-order valence-electron chi connectivity index (χ2n) is 8.56. The number of carbonyl (C=O) groups excluding carboxylic acids is 3. The minimum atomic E-state index is -0.367. The molecule has 2 aromatic rings. The highest BCUT2D eigenvalue weighted by Crippen LogP contribution is 2.26. The van der Waals surface area contributed by atoms with Gasteiger partial charge in [0.15, 0.2) is 0 Å². The van der Waals surface area contributed by atoms with Crippen LogP contribution in [-0.4, -0.2) is 72.8 Å². The highest BCUT2D eigenvalue weighted by Gasteiger charge is 2.28. The Morgan fingerprint density at radius 2 is 1.45 bits per heavy atom. The lowest BCUT2D eigenvalue weighted by Crippen LogP contribution is -2.50. The molecule has 0 saturated carbocycles. The maximum Gasteiger partial charge on any atom is 0.256 e. The van der Waals surface area contributed by atoms with E-state index in [1.54, 1.807) is 11.8 Å². The van der Waals surface area contributed by atoms with Gasteiger partial charge in [-0.3, -0.25) is 14.4 Å². The van der Waals surface area contributed by atoms with E-state index in [1.807, 2.05) is 29.2 Å². The van der Waals surface area contributed by atoms with Crippen molar-refractivity contribution in [3.8, 4) is 0 Å². The molecular weight excluding hydrogens is 423 g/mol. The van der Waals surface area contributed by atoms with Gasteiger partial charge in [0.1, 0.15) is 5.82 Å². The summed E-state index contributed by atoms with van der Waals surface area (Å²) in [5.74, 6) is -0.542. The van der Waals surface area contributed by atoms with E-state index in [4.69, 9.17) is 0 Å². The van der Waals surface area contributed by atoms with Crippen molar-refractivity contribution in [1.82, 2.24) is 15.1 Å². The van der Waals surface area contributed by atoms with Crippen molar-refractivity contribution < 1.29 is 18.8 Å². The second kappa shape index (κ2) is 10.0. The molecule has 0 bridgehead atoms. The minimum absolute atomic E-state index is 0.0134. The van der Waals surface area contributed by atoms with Crippen LogP contribution in [0.2, 0.25) is 0 Å². The van der Waals surface area contributed by atoms with Gasteiger partial charge in [0, 0.05) is 63.5 Å². The lowest BCUT2D eigenvalue weighted by molar-refractivity contribution is -0.130. The molecule has 0 unspecified atom stereocenters. The van der Waals surface area contributed by atoms with Crippen LogP contribution in [0.15, 0.2) is 48.5 Å². The van der Waals surface area contributed by atoms with Crippen LogP contribution in [0.5, 0.6) is 0 Å². The summed E-state index contributed by atoms with van der Waals surface area (Å²) in [6.45, 7) is 5.17. The number of amides is 3. The molecule has 0 radical (unpaired) electrons. The SMILES string of the molecule is CC(=O)N1CCN(C(=O)c2ccccc2N2CCC(NC(=O)c3ccc(F)cc3)CC2)CC1. The van der Waals surface area contributed by atoms with Gasteiger partial charge in [0.25, 0.3) is 11.8 Å². The molecule has 0 atom stereocenters. The third-order valence-corrected chi connectivity index (χ3v) is 6.42. The van der Waals surface area contributed by atoms with Gasteiger partial charge in [0.2, 0.25) is 5.91 Å². The first-order chi connectivity index (χ1) is 15.9. The number of carbonyl (C=O) groups is 3. The molecule has 1 N–H and O–H groups in total. The van der Waals surface area contributed by atoms with Crippen LogP contribution in [0.4, 0.5) is 10.1 Å². The van der Waals surface area contributed by atoms with Crippen molar-refractivity contribution in [3.05, 3.63) is 65.5 Å². The summed E-state index contributed by atoms with van der Waals surface area (Å²) in [7, 11) is 0. The highest BCUT2D eigenvalue weighted by atomic mass is 19.1. The molecule has 3 amide bonds. The average molecular weight is 453 g/mol. The Kier molecular flexibility index (Phi) is 6.91. The van der Waals surface area contributed by atoms with E-state index in [2.05, 4.69) is 10.2 Å². The smallest absolute Gasteiger partial charge is 0.256 e. The largest absolute Gasteiger partial charge is 0.371 e. The van der Waals surface area contributed by atoms with Gasteiger partial charge < -0.3 is 20.0 Å². The van der Waals surface area contributed by atoms with E-state index >= 15 is 0 Å². The maximum atomic E-state index is 13.2. The van der Waals surface area contributed by atoms with E-state index in [1.165, 1.54) is 24.3 Å². The van der Waals surface area contributed by atoms with Gasteiger partial charge >= 0.3 is 0 Å². The summed E-state index contributed by atoms with van der Waals surface area (Å²) in [5.41, 5.74) is 2.02. The first-order valence-corrected chi connectivity index (χ1v) is 11.4. The van der Waals surface area contributed by atoms with Gasteiger partial charge in [-0.15, -0.1) is 0 Å². The molecule has 2 aliphatic heterocycles. The third kappa shape index (κ3) is 5.32. The quantitative estimate of drug-likeness (QED) is 0.774. The monoisotopic (exact) mass is 452 g/mol. The van der Waals surface area contributed by atoms with Crippen LogP contribution < -0.4 is 10.2 Å². The van der Waals surface area contributed by atoms with Gasteiger partial charge in [-0.05, 0) is 49.2 Å². The second-order valence-corrected chi connectivity index (χ2v) is 8.56. The van der Waals surface area contributed by atoms with E-state index in [0.29, 0.717) is 37.3 Å². The Morgan fingerprint density at radius 1 is 0.848 bits per heavy atom. The Balaban J connectivity index is 1.36. The number of benzene rings is 2. The fourth-order valence-electron chi connectivity index (χ4n) is 4.46. The van der Waals surface area contributed by atoms with Gasteiger partial charge in [-0.1, -0.05) is 12.1 Å². The lowest BCUT2D eigenvalue weighted by Gasteiger charge is -2.37. The zero-order chi connectivity index (χ0) is 23.4. The fourth-order valence-corrected chi connectivity index (χ4v) is 4.46. The zero-order valence-corrected chi connectivity index (χ0v) is 18.8. The third-order valence-electron chi connectivity index (χ3n) is 6.42. The van der Waals surface area contributed by atoms with E-state index < -0.39 is 0 Å². The van der Waals surface area contributed by atoms with Crippen molar-refractivity contribution >= 4 is 23.4 Å². The van der Waals surface area contributed by atoms with Crippen molar-refractivity contribution in [2.45, 2.75) is 25.8 Å². The van der Waals surface area contributed by atoms with E-state index in [0.717, 1.165) is 31.6 Å². The molecule has 0 spiro atoms. The molecule has 2 heterocycles. The molecular formula is C25H29FN4O3. The molecule has 7 nitrogen and oxygen atoms in total. The maximum absolute atomic E-state index is 13.2. The van der Waals surface area contributed by atoms with Gasteiger partial charge in [0.05, 0.1) is 5.56 Å². The van der Waals surface area contributed by atoms with Crippen molar-refractivity contribution in [1.29, 1.82) is 0 Å². The lowest BCUT2D eigenvalue weighted by atomic mass is 10.0. The summed E-state index contributed by atoms with van der Waals surface area (Å²) in [6, 6.07) is 13.2. The number of nitrogens with zero attached hydrogens (tertiary/aromatic N) is 3. The molecule has 174 valence electrons. The average Bonchev–Trinajstić information content (AvgIpc) is 2.84. The summed E-state index contributed by atoms with van der Waals surface area (Å²) >= 11 is 0. The summed E-state index contributed by atoms with van der Waals surface area (Å²) in [5, 5.41) is 3.03. The first-order valence-electron chi connectivity index (χ1n) is 11.4. The first kappa shape index (κ1) is 22.8. The topological polar surface area (TPSA) is 73.0 Å². The Bertz CT molecular complexity index is 1010. The number of anilines is 1. The number of hydrogen-bond acceptors (Lipinski definition) is 4. The van der Waals surface area contributed by atoms with Crippen molar-refractivity contribution in [3.63, 3.8) is 0 Å². The standard InChI is InChI=1S/C25H29FN4O3/c1-18(31)28-14-16-30(17-15-28)25(33)22-4-2-3-5-23(22)29-12-10-21(11-13-29)27-24(32)19-6-8-20(26)9-7-19/h2-9,21H,10-17H2,1H3,(H,27,32). The zero-order valence-electron chi connectivity index (χ0n) is 18.8. The van der Waals surface area contributed by atoms with Gasteiger partial charge in [-0.25, -0.2) is 4.39 Å². The summed E-state index contributed by atoms with van der Waals surface area (Å²) in [4.78, 5) is 43.0. The Labute approximate surface area is 193 Å². The fraction of sp³-hybridized carbons (Fsp3) is 0.400. The van der Waals surface area contributed by atoms with Crippen LogP contribution in [0.3, 0.4) is 0 Å². The Morgan fingerprint density at radius 3 is 2.09 bits per heavy atom. The van der Waals surface area contributed by atoms with Crippen LogP contribution in [0, 0.1) is 5.82 Å². The number of piperazine rings is 1. The van der Waals surface area contributed by atoms with Crippen LogP contribution >= 0.6 is 0 Å². The molecule has 33 heavy (non-hydrogen) atoms. The van der Waals surface area contributed by atoms with Crippen LogP contribution in [0.1, 0.15) is 40.5 Å². The predicted octanol–water partition coefficient (Wildman–Crippen LogP) is 2.53. The minimum Gasteiger partial charge on any atom is -0.371 e. The normalized spacial score (nSPS) is 17.1. The van der Waals surface area contributed by atoms with Crippen molar-refractivity contribution in [2.24, 2.45) is 0 Å². The highest BCUT2D eigenvalue weighted by molar-refractivity contribution is 6.00. The Hall–Kier alpha value is -3.42. The summed E-state index contributed by atoms with van der Waals surface area (Å²) in [6.07, 6.45) is 1.51. The van der Waals surface area contributed by atoms with Crippen LogP contribution in [-0.2, 0) is 4.79 Å². The van der Waals surface area contributed by atoms with Gasteiger partial charge in [-0.2, -0.15) is 0 Å². The van der Waals surface area contributed by atoms with E-state index in [-0.39, 0.29) is 29.6 Å². The molecule has 2 saturated heterocycles. The van der Waals surface area contributed by atoms with E-state index in [9.17, 15) is 18.8 Å². The van der Waals surface area contributed by atoms with Crippen molar-refractivity contribution in [2.75, 3.05) is 44.2 Å². The number of hydrogen-bond donors (Lipinski definition) is 1. The number of rotatable bonds is 4. The molecule has 0 aromatic heterocycles. The number of piperidine rings is 1. The number of para-hydroxylation sites is 1. The molecule has 2 aliphatic rings. The molecule has 4 rings (SSSR count). The number of halogens is 1. The molecule has 8 heteroatoms. The molecule has 2 fully saturated rings. The number of nitrogens with one attached hydrogen (secondary N) is 1.